The van der Waals surface area contributed by atoms with Gasteiger partial charge in [0.2, 0.25) is 5.91 Å². The lowest BCUT2D eigenvalue weighted by Crippen LogP contribution is -2.41. The van der Waals surface area contributed by atoms with Crippen molar-refractivity contribution in [2.75, 3.05) is 21.3 Å². The Kier molecular flexibility index (Phi) is 6.65. The average Bonchev–Trinajstić information content (AvgIpc) is 2.65. The molecule has 0 aliphatic rings. The second-order valence-corrected chi connectivity index (χ2v) is 5.53. The molecule has 0 saturated heterocycles. The van der Waals surface area contributed by atoms with Crippen molar-refractivity contribution in [3.05, 3.63) is 53.6 Å². The highest BCUT2D eigenvalue weighted by Crippen LogP contribution is 2.34. The van der Waals surface area contributed by atoms with Crippen molar-refractivity contribution in [3.8, 4) is 17.2 Å². The fourth-order valence-corrected chi connectivity index (χ4v) is 2.50. The van der Waals surface area contributed by atoms with Gasteiger partial charge in [0.25, 0.3) is 0 Å². The van der Waals surface area contributed by atoms with Gasteiger partial charge in [0.05, 0.1) is 27.4 Å². The highest BCUT2D eigenvalue weighted by Gasteiger charge is 2.16. The monoisotopic (exact) mass is 344 g/mol. The molecule has 1 atom stereocenters. The summed E-state index contributed by atoms with van der Waals surface area (Å²) in [6, 6.07) is 12.6. The molecule has 0 aromatic heterocycles. The highest BCUT2D eigenvalue weighted by atomic mass is 16.5. The van der Waals surface area contributed by atoms with Crippen molar-refractivity contribution >= 4 is 5.91 Å². The van der Waals surface area contributed by atoms with Crippen LogP contribution in [0, 0.1) is 0 Å². The van der Waals surface area contributed by atoms with Crippen LogP contribution >= 0.6 is 0 Å². The van der Waals surface area contributed by atoms with Crippen molar-refractivity contribution in [1.29, 1.82) is 0 Å². The van der Waals surface area contributed by atoms with Crippen molar-refractivity contribution in [2.24, 2.45) is 5.73 Å². The van der Waals surface area contributed by atoms with E-state index in [1.54, 1.807) is 33.5 Å². The van der Waals surface area contributed by atoms with E-state index in [2.05, 4.69) is 5.32 Å². The van der Waals surface area contributed by atoms with Crippen LogP contribution in [0.15, 0.2) is 42.5 Å². The number of rotatable bonds is 8. The molecule has 0 aliphatic carbocycles. The van der Waals surface area contributed by atoms with Gasteiger partial charge in [0, 0.05) is 18.2 Å². The summed E-state index contributed by atoms with van der Waals surface area (Å²) in [6.45, 7) is 0.283. The van der Waals surface area contributed by atoms with E-state index >= 15 is 0 Å². The van der Waals surface area contributed by atoms with Crippen LogP contribution < -0.4 is 25.3 Å². The maximum atomic E-state index is 12.3. The maximum Gasteiger partial charge on any atom is 0.237 e. The van der Waals surface area contributed by atoms with Gasteiger partial charge in [-0.1, -0.05) is 30.3 Å². The van der Waals surface area contributed by atoms with E-state index in [0.29, 0.717) is 23.7 Å². The molecule has 2 rings (SSSR count). The van der Waals surface area contributed by atoms with Crippen LogP contribution in [0.4, 0.5) is 0 Å². The van der Waals surface area contributed by atoms with Gasteiger partial charge in [-0.3, -0.25) is 4.79 Å². The fraction of sp³-hybridized carbons (Fsp3) is 0.316. The zero-order chi connectivity index (χ0) is 18.2. The Bertz CT molecular complexity index is 704. The van der Waals surface area contributed by atoms with Gasteiger partial charge in [-0.15, -0.1) is 0 Å². The number of hydrogen-bond acceptors (Lipinski definition) is 5. The molecule has 1 amide bonds. The lowest BCUT2D eigenvalue weighted by atomic mass is 10.1. The first kappa shape index (κ1) is 18.6. The number of nitrogens with one attached hydrogen (secondary N) is 1. The Morgan fingerprint density at radius 3 is 2.20 bits per heavy atom. The Morgan fingerprint density at radius 2 is 1.60 bits per heavy atom. The molecule has 0 fully saturated rings. The van der Waals surface area contributed by atoms with Crippen LogP contribution in [0.2, 0.25) is 0 Å². The summed E-state index contributed by atoms with van der Waals surface area (Å²) >= 11 is 0. The molecule has 6 nitrogen and oxygen atoms in total. The van der Waals surface area contributed by atoms with Gasteiger partial charge < -0.3 is 25.3 Å². The minimum Gasteiger partial charge on any atom is -0.496 e. The highest BCUT2D eigenvalue weighted by molar-refractivity contribution is 5.81. The summed E-state index contributed by atoms with van der Waals surface area (Å²) in [5.74, 6) is 1.52. The van der Waals surface area contributed by atoms with E-state index in [0.717, 1.165) is 11.1 Å². The summed E-state index contributed by atoms with van der Waals surface area (Å²) in [5, 5.41) is 2.84. The van der Waals surface area contributed by atoms with Gasteiger partial charge in [-0.05, 0) is 18.1 Å². The molecule has 2 aromatic rings. The number of methoxy groups -OCH3 is 3. The van der Waals surface area contributed by atoms with Gasteiger partial charge in [-0.25, -0.2) is 0 Å². The number of benzene rings is 2. The first-order valence-corrected chi connectivity index (χ1v) is 7.95. The molecule has 25 heavy (non-hydrogen) atoms. The summed E-state index contributed by atoms with van der Waals surface area (Å²) in [5.41, 5.74) is 7.80. The quantitative estimate of drug-likeness (QED) is 0.764. The van der Waals surface area contributed by atoms with Crippen LogP contribution in [0.1, 0.15) is 11.1 Å². The third-order valence-corrected chi connectivity index (χ3v) is 3.87. The summed E-state index contributed by atoms with van der Waals surface area (Å²) in [7, 11) is 4.68. The SMILES string of the molecule is COc1cc(OC)c(OC)cc1CNC(=O)C(N)Cc1ccccc1. The van der Waals surface area contributed by atoms with Crippen LogP contribution in [0.5, 0.6) is 17.2 Å². The molecule has 0 heterocycles. The van der Waals surface area contributed by atoms with E-state index in [1.165, 1.54) is 0 Å². The van der Waals surface area contributed by atoms with E-state index < -0.39 is 6.04 Å². The predicted octanol–water partition coefficient (Wildman–Crippen LogP) is 1.90. The molecule has 0 aliphatic heterocycles. The number of hydrogen-bond donors (Lipinski definition) is 2. The minimum atomic E-state index is -0.617. The first-order chi connectivity index (χ1) is 12.1. The molecule has 0 saturated carbocycles. The maximum absolute atomic E-state index is 12.3. The molecule has 3 N–H and O–H groups in total. The lowest BCUT2D eigenvalue weighted by Gasteiger charge is -2.16. The van der Waals surface area contributed by atoms with Gasteiger partial charge >= 0.3 is 0 Å². The van der Waals surface area contributed by atoms with Crippen molar-refractivity contribution in [2.45, 2.75) is 19.0 Å². The second kappa shape index (κ2) is 8.94. The Labute approximate surface area is 147 Å². The van der Waals surface area contributed by atoms with Crippen molar-refractivity contribution in [3.63, 3.8) is 0 Å². The molecular formula is C19H24N2O4. The summed E-state index contributed by atoms with van der Waals surface area (Å²) in [6.07, 6.45) is 0.482. The van der Waals surface area contributed by atoms with Crippen LogP contribution in [-0.2, 0) is 17.8 Å². The Balaban J connectivity index is 2.03. The lowest BCUT2D eigenvalue weighted by molar-refractivity contribution is -0.122. The first-order valence-electron chi connectivity index (χ1n) is 7.95. The van der Waals surface area contributed by atoms with E-state index in [4.69, 9.17) is 19.9 Å². The van der Waals surface area contributed by atoms with E-state index in [-0.39, 0.29) is 12.5 Å². The molecule has 1 unspecified atom stereocenters. The summed E-state index contributed by atoms with van der Waals surface area (Å²) < 4.78 is 15.9. The van der Waals surface area contributed by atoms with Crippen molar-refractivity contribution in [1.82, 2.24) is 5.32 Å². The van der Waals surface area contributed by atoms with Crippen LogP contribution in [-0.4, -0.2) is 33.3 Å². The predicted molar refractivity (Wildman–Crippen MR) is 96.1 cm³/mol. The molecule has 2 aromatic carbocycles. The number of carbonyl (C=O) groups is 1. The zero-order valence-corrected chi connectivity index (χ0v) is 14.7. The minimum absolute atomic E-state index is 0.222. The topological polar surface area (TPSA) is 82.8 Å². The fourth-order valence-electron chi connectivity index (χ4n) is 2.50. The Hall–Kier alpha value is -2.73. The van der Waals surface area contributed by atoms with E-state index in [9.17, 15) is 4.79 Å². The molecule has 134 valence electrons. The van der Waals surface area contributed by atoms with Crippen molar-refractivity contribution < 1.29 is 19.0 Å². The average molecular weight is 344 g/mol. The number of ether oxygens (including phenoxy) is 3. The van der Waals surface area contributed by atoms with Gasteiger partial charge in [-0.2, -0.15) is 0 Å². The van der Waals surface area contributed by atoms with Gasteiger partial charge in [0.1, 0.15) is 5.75 Å². The smallest absolute Gasteiger partial charge is 0.237 e. The third-order valence-electron chi connectivity index (χ3n) is 3.87. The molecule has 0 spiro atoms. The largest absolute Gasteiger partial charge is 0.496 e. The van der Waals surface area contributed by atoms with E-state index in [1.807, 2.05) is 30.3 Å². The number of carbonyl (C=O) groups excluding carboxylic acids is 1. The third kappa shape index (κ3) is 4.87. The molecule has 6 heteroatoms. The molecule has 0 bridgehead atoms. The number of nitrogens with two attached hydrogens (primary N) is 1. The standard InChI is InChI=1S/C19H24N2O4/c1-23-16-11-18(25-3)17(24-2)10-14(16)12-21-19(22)15(20)9-13-7-5-4-6-8-13/h4-8,10-11,15H,9,12,20H2,1-3H3,(H,21,22). The number of amides is 1. The molecular weight excluding hydrogens is 320 g/mol. The van der Waals surface area contributed by atoms with Crippen LogP contribution in [0.3, 0.4) is 0 Å². The summed E-state index contributed by atoms with van der Waals surface area (Å²) in [4.78, 5) is 12.3. The van der Waals surface area contributed by atoms with Gasteiger partial charge in [0.15, 0.2) is 11.5 Å². The normalized spacial score (nSPS) is 11.5. The Morgan fingerprint density at radius 1 is 1.00 bits per heavy atom. The molecule has 0 radical (unpaired) electrons. The second-order valence-electron chi connectivity index (χ2n) is 5.53. The zero-order valence-electron chi connectivity index (χ0n) is 14.7. The van der Waals surface area contributed by atoms with Crippen LogP contribution in [0.25, 0.3) is 0 Å².